The highest BCUT2D eigenvalue weighted by Crippen LogP contribution is 2.29. The molecular formula is C12H19N3O2. The Morgan fingerprint density at radius 3 is 2.71 bits per heavy atom. The van der Waals surface area contributed by atoms with Crippen LogP contribution in [0.25, 0.3) is 0 Å². The van der Waals surface area contributed by atoms with E-state index >= 15 is 0 Å². The Labute approximate surface area is 101 Å². The highest BCUT2D eigenvalue weighted by Gasteiger charge is 2.21. The van der Waals surface area contributed by atoms with Gasteiger partial charge < -0.3 is 5.11 Å². The number of aliphatic carboxylic acids is 1. The van der Waals surface area contributed by atoms with Crippen LogP contribution in [0.5, 0.6) is 0 Å². The first-order valence-electron chi connectivity index (χ1n) is 6.37. The van der Waals surface area contributed by atoms with Crippen molar-refractivity contribution >= 4 is 5.97 Å². The molecule has 1 aliphatic carbocycles. The van der Waals surface area contributed by atoms with Crippen LogP contribution in [-0.4, -0.2) is 26.1 Å². The van der Waals surface area contributed by atoms with Crippen LogP contribution in [0.15, 0.2) is 0 Å². The lowest BCUT2D eigenvalue weighted by Gasteiger charge is -2.23. The van der Waals surface area contributed by atoms with E-state index in [9.17, 15) is 4.79 Å². The SMILES string of the molecule is CCc1c(CC(=O)O)nnn1C1CCCCC1. The van der Waals surface area contributed by atoms with Crippen molar-refractivity contribution in [1.29, 1.82) is 0 Å². The van der Waals surface area contributed by atoms with Crippen molar-refractivity contribution in [2.24, 2.45) is 0 Å². The summed E-state index contributed by atoms with van der Waals surface area (Å²) in [6.45, 7) is 2.03. The first-order valence-corrected chi connectivity index (χ1v) is 6.37. The van der Waals surface area contributed by atoms with Crippen LogP contribution in [0.1, 0.15) is 56.5 Å². The molecular weight excluding hydrogens is 218 g/mol. The molecule has 5 heteroatoms. The summed E-state index contributed by atoms with van der Waals surface area (Å²) in [6.07, 6.45) is 6.84. The van der Waals surface area contributed by atoms with Crippen LogP contribution < -0.4 is 0 Å². The molecule has 0 bridgehead atoms. The van der Waals surface area contributed by atoms with Crippen molar-refractivity contribution in [3.05, 3.63) is 11.4 Å². The normalized spacial score (nSPS) is 17.2. The second-order valence-electron chi connectivity index (χ2n) is 4.64. The molecule has 1 heterocycles. The summed E-state index contributed by atoms with van der Waals surface area (Å²) in [5.74, 6) is -0.838. The fraction of sp³-hybridized carbons (Fsp3) is 0.750. The Bertz CT molecular complexity index is 394. The summed E-state index contributed by atoms with van der Waals surface area (Å²) in [5.41, 5.74) is 1.63. The zero-order chi connectivity index (χ0) is 12.3. The number of nitrogens with zero attached hydrogens (tertiary/aromatic N) is 3. The van der Waals surface area contributed by atoms with E-state index < -0.39 is 5.97 Å². The van der Waals surface area contributed by atoms with Gasteiger partial charge in [0, 0.05) is 0 Å². The molecule has 1 N–H and O–H groups in total. The molecule has 0 radical (unpaired) electrons. The van der Waals surface area contributed by atoms with Gasteiger partial charge in [-0.2, -0.15) is 0 Å². The molecule has 0 unspecified atom stereocenters. The van der Waals surface area contributed by atoms with Gasteiger partial charge in [0.1, 0.15) is 0 Å². The van der Waals surface area contributed by atoms with Gasteiger partial charge in [0.15, 0.2) is 0 Å². The van der Waals surface area contributed by atoms with E-state index in [1.807, 2.05) is 11.6 Å². The third-order valence-electron chi connectivity index (χ3n) is 3.45. The molecule has 1 aromatic rings. The van der Waals surface area contributed by atoms with Gasteiger partial charge in [-0.25, -0.2) is 4.68 Å². The fourth-order valence-electron chi connectivity index (χ4n) is 2.61. The molecule has 94 valence electrons. The van der Waals surface area contributed by atoms with Crippen molar-refractivity contribution in [1.82, 2.24) is 15.0 Å². The Kier molecular flexibility index (Phi) is 3.76. The molecule has 0 saturated heterocycles. The van der Waals surface area contributed by atoms with E-state index in [0.29, 0.717) is 11.7 Å². The van der Waals surface area contributed by atoms with Crippen LogP contribution >= 0.6 is 0 Å². The number of rotatable bonds is 4. The van der Waals surface area contributed by atoms with Crippen LogP contribution in [0.4, 0.5) is 0 Å². The monoisotopic (exact) mass is 237 g/mol. The summed E-state index contributed by atoms with van der Waals surface area (Å²) in [5, 5.41) is 17.0. The van der Waals surface area contributed by atoms with Gasteiger partial charge in [0.05, 0.1) is 23.9 Å². The number of aromatic nitrogens is 3. The van der Waals surface area contributed by atoms with Crippen LogP contribution in [0.3, 0.4) is 0 Å². The van der Waals surface area contributed by atoms with Crippen molar-refractivity contribution < 1.29 is 9.90 Å². The number of carboxylic acid groups (broad SMARTS) is 1. The Morgan fingerprint density at radius 2 is 2.12 bits per heavy atom. The maximum Gasteiger partial charge on any atom is 0.309 e. The van der Waals surface area contributed by atoms with Gasteiger partial charge >= 0.3 is 5.97 Å². The molecule has 17 heavy (non-hydrogen) atoms. The molecule has 0 atom stereocenters. The van der Waals surface area contributed by atoms with Gasteiger partial charge in [-0.3, -0.25) is 4.79 Å². The lowest BCUT2D eigenvalue weighted by Crippen LogP contribution is -2.17. The summed E-state index contributed by atoms with van der Waals surface area (Å²) < 4.78 is 1.97. The second kappa shape index (κ2) is 5.29. The van der Waals surface area contributed by atoms with Crippen molar-refractivity contribution in [2.45, 2.75) is 57.9 Å². The molecule has 5 nitrogen and oxygen atoms in total. The summed E-state index contributed by atoms with van der Waals surface area (Å²) in [7, 11) is 0. The second-order valence-corrected chi connectivity index (χ2v) is 4.64. The van der Waals surface area contributed by atoms with E-state index in [0.717, 1.165) is 25.0 Å². The van der Waals surface area contributed by atoms with Crippen LogP contribution in [0.2, 0.25) is 0 Å². The molecule has 2 rings (SSSR count). The van der Waals surface area contributed by atoms with Gasteiger partial charge in [-0.15, -0.1) is 5.10 Å². The maximum atomic E-state index is 10.7. The summed E-state index contributed by atoms with van der Waals surface area (Å²) in [4.78, 5) is 10.7. The highest BCUT2D eigenvalue weighted by molar-refractivity contribution is 5.69. The maximum absolute atomic E-state index is 10.7. The molecule has 1 aliphatic rings. The molecule has 0 spiro atoms. The lowest BCUT2D eigenvalue weighted by molar-refractivity contribution is -0.136. The summed E-state index contributed by atoms with van der Waals surface area (Å²) in [6, 6.07) is 0.425. The molecule has 0 aromatic carbocycles. The first-order chi connectivity index (χ1) is 8.22. The molecule has 0 aliphatic heterocycles. The third kappa shape index (κ3) is 2.65. The lowest BCUT2D eigenvalue weighted by atomic mass is 9.95. The third-order valence-corrected chi connectivity index (χ3v) is 3.45. The van der Waals surface area contributed by atoms with E-state index in [4.69, 9.17) is 5.11 Å². The predicted molar refractivity (Wildman–Crippen MR) is 62.9 cm³/mol. The van der Waals surface area contributed by atoms with E-state index in [-0.39, 0.29) is 6.42 Å². The van der Waals surface area contributed by atoms with E-state index in [1.165, 1.54) is 19.3 Å². The topological polar surface area (TPSA) is 68.0 Å². The van der Waals surface area contributed by atoms with E-state index in [2.05, 4.69) is 10.3 Å². The van der Waals surface area contributed by atoms with Crippen LogP contribution in [-0.2, 0) is 17.6 Å². The van der Waals surface area contributed by atoms with Gasteiger partial charge in [0.25, 0.3) is 0 Å². The number of carboxylic acids is 1. The van der Waals surface area contributed by atoms with Gasteiger partial charge in [-0.05, 0) is 19.3 Å². The minimum absolute atomic E-state index is 0.0180. The smallest absolute Gasteiger partial charge is 0.309 e. The van der Waals surface area contributed by atoms with Gasteiger partial charge in [-0.1, -0.05) is 31.4 Å². The molecule has 0 amide bonds. The molecule has 1 saturated carbocycles. The van der Waals surface area contributed by atoms with Gasteiger partial charge in [0.2, 0.25) is 0 Å². The minimum Gasteiger partial charge on any atom is -0.481 e. The zero-order valence-electron chi connectivity index (χ0n) is 10.2. The standard InChI is InChI=1S/C12H19N3O2/c1-2-11-10(8-12(16)17)13-14-15(11)9-6-4-3-5-7-9/h9H,2-8H2,1H3,(H,16,17). The Morgan fingerprint density at radius 1 is 1.41 bits per heavy atom. The quantitative estimate of drug-likeness (QED) is 0.869. The molecule has 1 aromatic heterocycles. The van der Waals surface area contributed by atoms with Crippen molar-refractivity contribution in [2.75, 3.05) is 0 Å². The minimum atomic E-state index is -0.838. The fourth-order valence-corrected chi connectivity index (χ4v) is 2.61. The zero-order valence-corrected chi connectivity index (χ0v) is 10.2. The molecule has 1 fully saturated rings. The average Bonchev–Trinajstić information content (AvgIpc) is 2.72. The summed E-state index contributed by atoms with van der Waals surface area (Å²) >= 11 is 0. The Balaban J connectivity index is 2.21. The number of hydrogen-bond donors (Lipinski definition) is 1. The number of hydrogen-bond acceptors (Lipinski definition) is 3. The number of carbonyl (C=O) groups is 1. The van der Waals surface area contributed by atoms with Crippen LogP contribution in [0, 0.1) is 0 Å². The first kappa shape index (κ1) is 12.1. The largest absolute Gasteiger partial charge is 0.481 e. The van der Waals surface area contributed by atoms with Crippen molar-refractivity contribution in [3.63, 3.8) is 0 Å². The van der Waals surface area contributed by atoms with E-state index in [1.54, 1.807) is 0 Å². The highest BCUT2D eigenvalue weighted by atomic mass is 16.4. The van der Waals surface area contributed by atoms with Crippen molar-refractivity contribution in [3.8, 4) is 0 Å². The predicted octanol–water partition coefficient (Wildman–Crippen LogP) is 1.97. The average molecular weight is 237 g/mol. The Hall–Kier alpha value is -1.39.